The lowest BCUT2D eigenvalue weighted by Gasteiger charge is -2.15. The van der Waals surface area contributed by atoms with E-state index in [-0.39, 0.29) is 17.9 Å². The van der Waals surface area contributed by atoms with Crippen LogP contribution in [0.2, 0.25) is 0 Å². The topological polar surface area (TPSA) is 75.4 Å². The molecule has 1 aliphatic rings. The van der Waals surface area contributed by atoms with Gasteiger partial charge in [-0.25, -0.2) is 0 Å². The quantitative estimate of drug-likeness (QED) is 0.870. The summed E-state index contributed by atoms with van der Waals surface area (Å²) in [6.45, 7) is 3.56. The van der Waals surface area contributed by atoms with Gasteiger partial charge in [0.1, 0.15) is 0 Å². The number of nitrogens with zero attached hydrogens (tertiary/aromatic N) is 1. The van der Waals surface area contributed by atoms with Gasteiger partial charge in [-0.2, -0.15) is 0 Å². The van der Waals surface area contributed by atoms with Crippen LogP contribution in [0.5, 0.6) is 0 Å². The molecule has 1 aromatic rings. The van der Waals surface area contributed by atoms with Crippen molar-refractivity contribution in [2.24, 2.45) is 5.73 Å². The van der Waals surface area contributed by atoms with Crippen LogP contribution in [0.15, 0.2) is 24.3 Å². The fraction of sp³-hybridized carbons (Fsp3) is 0.500. The second-order valence-electron chi connectivity index (χ2n) is 5.64. The number of carbonyl (C=O) groups excluding carboxylic acids is 2. The Labute approximate surface area is 125 Å². The second kappa shape index (κ2) is 7.22. The van der Waals surface area contributed by atoms with Gasteiger partial charge in [-0.1, -0.05) is 0 Å². The summed E-state index contributed by atoms with van der Waals surface area (Å²) in [5, 5.41) is 2.81. The average molecular weight is 289 g/mol. The number of hydrogen-bond acceptors (Lipinski definition) is 3. The molecule has 1 atom stereocenters. The minimum Gasteiger partial charge on any atom is -0.339 e. The molecule has 114 valence electrons. The van der Waals surface area contributed by atoms with Crippen molar-refractivity contribution in [1.29, 1.82) is 0 Å². The summed E-state index contributed by atoms with van der Waals surface area (Å²) in [4.78, 5) is 25.8. The number of nitrogens with one attached hydrogen (secondary N) is 1. The molecule has 0 aliphatic carbocycles. The zero-order valence-electron chi connectivity index (χ0n) is 12.5. The largest absolute Gasteiger partial charge is 0.339 e. The average Bonchev–Trinajstić information content (AvgIpc) is 2.99. The first-order valence-electron chi connectivity index (χ1n) is 7.51. The van der Waals surface area contributed by atoms with E-state index in [0.717, 1.165) is 25.9 Å². The van der Waals surface area contributed by atoms with Gasteiger partial charge in [0.05, 0.1) is 0 Å². The van der Waals surface area contributed by atoms with E-state index in [1.54, 1.807) is 24.3 Å². The maximum Gasteiger partial charge on any atom is 0.253 e. The molecule has 1 saturated heterocycles. The van der Waals surface area contributed by atoms with Crippen molar-refractivity contribution in [2.75, 3.05) is 18.4 Å². The number of hydrogen-bond donors (Lipinski definition) is 2. The Morgan fingerprint density at radius 1 is 1.24 bits per heavy atom. The van der Waals surface area contributed by atoms with Gasteiger partial charge in [-0.3, -0.25) is 9.59 Å². The van der Waals surface area contributed by atoms with E-state index in [9.17, 15) is 9.59 Å². The zero-order chi connectivity index (χ0) is 15.2. The Balaban J connectivity index is 1.89. The lowest BCUT2D eigenvalue weighted by molar-refractivity contribution is -0.116. The summed E-state index contributed by atoms with van der Waals surface area (Å²) >= 11 is 0. The highest BCUT2D eigenvalue weighted by molar-refractivity contribution is 5.96. The minimum atomic E-state index is -0.0501. The Morgan fingerprint density at radius 3 is 2.43 bits per heavy atom. The van der Waals surface area contributed by atoms with Crippen molar-refractivity contribution < 1.29 is 9.59 Å². The van der Waals surface area contributed by atoms with Crippen LogP contribution < -0.4 is 11.1 Å². The molecule has 1 aliphatic heterocycles. The van der Waals surface area contributed by atoms with Gasteiger partial charge in [0.2, 0.25) is 5.91 Å². The van der Waals surface area contributed by atoms with Crippen LogP contribution in [0.25, 0.3) is 0 Å². The van der Waals surface area contributed by atoms with Gasteiger partial charge in [0.15, 0.2) is 0 Å². The van der Waals surface area contributed by atoms with Crippen LogP contribution in [0, 0.1) is 0 Å². The summed E-state index contributed by atoms with van der Waals surface area (Å²) in [5.74, 6) is 0.0215. The van der Waals surface area contributed by atoms with Crippen molar-refractivity contribution in [1.82, 2.24) is 4.90 Å². The van der Waals surface area contributed by atoms with Crippen molar-refractivity contribution >= 4 is 17.5 Å². The van der Waals surface area contributed by atoms with Crippen molar-refractivity contribution in [2.45, 2.75) is 38.6 Å². The number of nitrogens with two attached hydrogens (primary N) is 1. The molecular weight excluding hydrogens is 266 g/mol. The van der Waals surface area contributed by atoms with Crippen molar-refractivity contribution in [3.05, 3.63) is 29.8 Å². The molecule has 1 fully saturated rings. The van der Waals surface area contributed by atoms with E-state index in [1.807, 2.05) is 11.8 Å². The smallest absolute Gasteiger partial charge is 0.253 e. The van der Waals surface area contributed by atoms with Crippen LogP contribution in [0.4, 0.5) is 5.69 Å². The van der Waals surface area contributed by atoms with E-state index in [1.165, 1.54) is 0 Å². The first-order chi connectivity index (χ1) is 10.1. The summed E-state index contributed by atoms with van der Waals surface area (Å²) in [6, 6.07) is 7.10. The monoisotopic (exact) mass is 289 g/mol. The van der Waals surface area contributed by atoms with Crippen LogP contribution in [-0.4, -0.2) is 35.8 Å². The summed E-state index contributed by atoms with van der Waals surface area (Å²) in [6.07, 6.45) is 3.24. The van der Waals surface area contributed by atoms with Gasteiger partial charge >= 0.3 is 0 Å². The molecule has 21 heavy (non-hydrogen) atoms. The van der Waals surface area contributed by atoms with E-state index < -0.39 is 0 Å². The standard InChI is InChI=1S/C16H23N3O2/c1-12(17)4-9-15(20)18-14-7-5-13(6-8-14)16(21)19-10-2-3-11-19/h5-8,12H,2-4,9-11,17H2,1H3,(H,18,20). The fourth-order valence-corrected chi connectivity index (χ4v) is 2.38. The predicted octanol–water partition coefficient (Wildman–Crippen LogP) is 1.99. The molecule has 0 spiro atoms. The first kappa shape index (κ1) is 15.5. The van der Waals surface area contributed by atoms with Crippen LogP contribution >= 0.6 is 0 Å². The highest BCUT2D eigenvalue weighted by atomic mass is 16.2. The van der Waals surface area contributed by atoms with Crippen LogP contribution in [0.1, 0.15) is 43.0 Å². The van der Waals surface area contributed by atoms with Crippen molar-refractivity contribution in [3.63, 3.8) is 0 Å². The molecule has 2 amide bonds. The van der Waals surface area contributed by atoms with Gasteiger partial charge in [-0.15, -0.1) is 0 Å². The maximum absolute atomic E-state index is 12.2. The fourth-order valence-electron chi connectivity index (χ4n) is 2.38. The van der Waals surface area contributed by atoms with Crippen molar-refractivity contribution in [3.8, 4) is 0 Å². The molecule has 1 unspecified atom stereocenters. The summed E-state index contributed by atoms with van der Waals surface area (Å²) in [7, 11) is 0. The third-order valence-corrected chi connectivity index (χ3v) is 3.64. The highest BCUT2D eigenvalue weighted by Gasteiger charge is 2.19. The third-order valence-electron chi connectivity index (χ3n) is 3.64. The molecule has 1 aromatic carbocycles. The third kappa shape index (κ3) is 4.56. The summed E-state index contributed by atoms with van der Waals surface area (Å²) < 4.78 is 0. The Morgan fingerprint density at radius 2 is 1.86 bits per heavy atom. The highest BCUT2D eigenvalue weighted by Crippen LogP contribution is 2.15. The molecule has 1 heterocycles. The van der Waals surface area contributed by atoms with Crippen LogP contribution in [-0.2, 0) is 4.79 Å². The normalized spacial score (nSPS) is 15.8. The second-order valence-corrected chi connectivity index (χ2v) is 5.64. The first-order valence-corrected chi connectivity index (χ1v) is 7.51. The Hall–Kier alpha value is -1.88. The van der Waals surface area contributed by atoms with E-state index in [4.69, 9.17) is 5.73 Å². The predicted molar refractivity (Wildman–Crippen MR) is 83.1 cm³/mol. The lowest BCUT2D eigenvalue weighted by Crippen LogP contribution is -2.27. The lowest BCUT2D eigenvalue weighted by atomic mass is 10.1. The maximum atomic E-state index is 12.2. The molecule has 5 nitrogen and oxygen atoms in total. The molecular formula is C16H23N3O2. The molecule has 2 rings (SSSR count). The van der Waals surface area contributed by atoms with E-state index in [0.29, 0.717) is 24.1 Å². The SMILES string of the molecule is CC(N)CCC(=O)Nc1ccc(C(=O)N2CCCC2)cc1. The zero-order valence-corrected chi connectivity index (χ0v) is 12.5. The van der Waals surface area contributed by atoms with E-state index in [2.05, 4.69) is 5.32 Å². The van der Waals surface area contributed by atoms with Crippen LogP contribution in [0.3, 0.4) is 0 Å². The molecule has 0 saturated carbocycles. The molecule has 0 bridgehead atoms. The number of carbonyl (C=O) groups is 2. The number of anilines is 1. The number of benzene rings is 1. The number of rotatable bonds is 5. The van der Waals surface area contributed by atoms with Gasteiger partial charge in [-0.05, 0) is 50.5 Å². The van der Waals surface area contributed by atoms with Gasteiger partial charge < -0.3 is 16.0 Å². The molecule has 3 N–H and O–H groups in total. The Kier molecular flexibility index (Phi) is 5.33. The summed E-state index contributed by atoms with van der Waals surface area (Å²) in [5.41, 5.74) is 7.01. The Bertz CT molecular complexity index is 491. The van der Waals surface area contributed by atoms with Gasteiger partial charge in [0.25, 0.3) is 5.91 Å². The van der Waals surface area contributed by atoms with Gasteiger partial charge in [0, 0.05) is 36.8 Å². The minimum absolute atomic E-state index is 0.0243. The molecule has 0 radical (unpaired) electrons. The van der Waals surface area contributed by atoms with E-state index >= 15 is 0 Å². The number of likely N-dealkylation sites (tertiary alicyclic amines) is 1. The molecule has 0 aromatic heterocycles. The molecule has 5 heteroatoms. The number of amides is 2.